The number of hydrogen-bond donors (Lipinski definition) is 0. The van der Waals surface area contributed by atoms with E-state index in [1.807, 2.05) is 12.3 Å². The fraction of sp³-hybridized carbons (Fsp3) is 0.278. The van der Waals surface area contributed by atoms with Gasteiger partial charge in [0.15, 0.2) is 0 Å². The molecule has 0 bridgehead atoms. The summed E-state index contributed by atoms with van der Waals surface area (Å²) in [5.41, 5.74) is 2.51. The van der Waals surface area contributed by atoms with Gasteiger partial charge in [0, 0.05) is 0 Å². The molecule has 2 aliphatic carbocycles. The van der Waals surface area contributed by atoms with E-state index in [1.165, 1.54) is 23.8 Å². The van der Waals surface area contributed by atoms with Crippen LogP contribution in [0.25, 0.3) is 10.9 Å². The van der Waals surface area contributed by atoms with Gasteiger partial charge in [-0.3, -0.25) is 0 Å². The van der Waals surface area contributed by atoms with Crippen LogP contribution < -0.4 is 24.8 Å². The zero-order chi connectivity index (χ0) is 13.6. The van der Waals surface area contributed by atoms with Gasteiger partial charge in [-0.1, -0.05) is 0 Å². The molecule has 4 heteroatoms. The average Bonchev–Trinajstić information content (AvgIpc) is 2.86. The molecule has 113 valence electrons. The van der Waals surface area contributed by atoms with Crippen molar-refractivity contribution in [2.24, 2.45) is 11.8 Å². The summed E-state index contributed by atoms with van der Waals surface area (Å²) in [5, 5.41) is 1.23. The molecule has 1 fully saturated rings. The van der Waals surface area contributed by atoms with E-state index < -0.39 is 0 Å². The maximum absolute atomic E-state index is 4.65. The number of benzene rings is 1. The van der Waals surface area contributed by atoms with Crippen molar-refractivity contribution in [1.82, 2.24) is 4.98 Å². The van der Waals surface area contributed by atoms with E-state index in [0.717, 1.165) is 5.52 Å². The van der Waals surface area contributed by atoms with Crippen molar-refractivity contribution in [3.63, 3.8) is 0 Å². The second-order valence-electron chi connectivity index (χ2n) is 5.77. The minimum atomic E-state index is 0. The van der Waals surface area contributed by atoms with E-state index in [9.17, 15) is 0 Å². The number of fused-ring (bicyclic) bond motifs is 2. The van der Waals surface area contributed by atoms with Crippen molar-refractivity contribution in [3.05, 3.63) is 66.4 Å². The molecule has 0 spiro atoms. The van der Waals surface area contributed by atoms with Crippen LogP contribution in [0.2, 0.25) is 0 Å². The first-order chi connectivity index (χ1) is 9.79. The Kier molecular flexibility index (Phi) is 5.41. The van der Waals surface area contributed by atoms with Crippen molar-refractivity contribution >= 4 is 10.9 Å². The quantitative estimate of drug-likeness (QED) is 0.575. The summed E-state index contributed by atoms with van der Waals surface area (Å²) < 4.78 is 0.0831. The van der Waals surface area contributed by atoms with Crippen LogP contribution in [0.1, 0.15) is 18.4 Å². The Balaban J connectivity index is 0.000000882. The molecule has 2 aliphatic rings. The van der Waals surface area contributed by atoms with Crippen molar-refractivity contribution in [3.8, 4) is 0 Å². The number of rotatable bonds is 1. The van der Waals surface area contributed by atoms with Crippen molar-refractivity contribution in [2.75, 3.05) is 0 Å². The van der Waals surface area contributed by atoms with Crippen LogP contribution in [0.3, 0.4) is 0 Å². The zero-order valence-corrected chi connectivity index (χ0v) is 14.7. The number of hydrogen-bond acceptors (Lipinski definition) is 1. The van der Waals surface area contributed by atoms with Gasteiger partial charge in [-0.15, -0.1) is 0 Å². The molecule has 3 unspecified atom stereocenters. The molecule has 2 aromatic rings. The summed E-state index contributed by atoms with van der Waals surface area (Å²) in [7, 11) is 0. The van der Waals surface area contributed by atoms with Gasteiger partial charge in [0.25, 0.3) is 0 Å². The minimum absolute atomic E-state index is 0. The monoisotopic (exact) mass is 368 g/mol. The molecule has 1 heterocycles. The van der Waals surface area contributed by atoms with Crippen LogP contribution in [0.15, 0.2) is 60.8 Å². The summed E-state index contributed by atoms with van der Waals surface area (Å²) >= 11 is 3.53. The predicted octanol–water partition coefficient (Wildman–Crippen LogP) is -1.86. The first-order valence-electron chi connectivity index (χ1n) is 7.19. The Labute approximate surface area is 152 Å². The third kappa shape index (κ3) is 2.63. The summed E-state index contributed by atoms with van der Waals surface area (Å²) in [6.07, 6.45) is 13.5. The molecule has 0 N–H and O–H groups in total. The number of pyridine rings is 1. The molecule has 4 rings (SSSR count). The number of allylic oxidation sites excluding steroid dienone is 4. The third-order valence-corrected chi connectivity index (χ3v) is 5.81. The van der Waals surface area contributed by atoms with E-state index in [1.54, 1.807) is 0 Å². The molecular weight excluding hydrogens is 353 g/mol. The van der Waals surface area contributed by atoms with Crippen molar-refractivity contribution in [2.45, 2.75) is 17.1 Å². The number of nitrogens with zero attached hydrogens (tertiary/aromatic N) is 1. The topological polar surface area (TPSA) is 12.9 Å². The SMILES string of the molecule is [Cl-].[Cl-].[Cr+2][C]1(c2cccc3cccnc23)CCC2C=CC=CC21. The average molecular weight is 369 g/mol. The van der Waals surface area contributed by atoms with Crippen LogP contribution >= 0.6 is 0 Å². The van der Waals surface area contributed by atoms with Crippen molar-refractivity contribution in [1.29, 1.82) is 0 Å². The summed E-state index contributed by atoms with van der Waals surface area (Å²) in [4.78, 5) is 4.65. The first kappa shape index (κ1) is 17.6. The second kappa shape index (κ2) is 6.77. The Morgan fingerprint density at radius 1 is 1.05 bits per heavy atom. The molecule has 0 saturated heterocycles. The van der Waals surface area contributed by atoms with E-state index >= 15 is 0 Å². The molecule has 0 amide bonds. The van der Waals surface area contributed by atoms with Crippen LogP contribution in [-0.4, -0.2) is 4.98 Å². The standard InChI is InChI=1S/C18H16N.2ClH.Cr/c1-2-8-15-13(5-1)10-11-16(15)17-9-3-6-14-7-4-12-19-18(14)17;;;/h1-9,12-13,15H,10-11H2;2*1H;/q;;;+2/p-2. The van der Waals surface area contributed by atoms with Gasteiger partial charge in [-0.25, -0.2) is 0 Å². The molecule has 1 saturated carbocycles. The normalized spacial score (nSPS) is 28.7. The maximum atomic E-state index is 4.65. The Morgan fingerprint density at radius 3 is 2.68 bits per heavy atom. The fourth-order valence-electron chi connectivity index (χ4n) is 3.74. The Morgan fingerprint density at radius 2 is 1.82 bits per heavy atom. The fourth-order valence-corrected chi connectivity index (χ4v) is 4.57. The van der Waals surface area contributed by atoms with Gasteiger partial charge in [0.05, 0.1) is 0 Å². The van der Waals surface area contributed by atoms with Gasteiger partial charge in [-0.05, 0) is 0 Å². The van der Waals surface area contributed by atoms with Gasteiger partial charge < -0.3 is 24.8 Å². The molecule has 3 atom stereocenters. The van der Waals surface area contributed by atoms with E-state index in [2.05, 4.69) is 69.8 Å². The van der Waals surface area contributed by atoms with Crippen LogP contribution in [0.5, 0.6) is 0 Å². The van der Waals surface area contributed by atoms with E-state index in [4.69, 9.17) is 0 Å². The van der Waals surface area contributed by atoms with Crippen LogP contribution in [0, 0.1) is 11.8 Å². The van der Waals surface area contributed by atoms with Crippen LogP contribution in [0.4, 0.5) is 0 Å². The number of aromatic nitrogens is 1. The Bertz CT molecular complexity index is 723. The molecule has 1 nitrogen and oxygen atoms in total. The molecule has 22 heavy (non-hydrogen) atoms. The third-order valence-electron chi connectivity index (χ3n) is 4.73. The van der Waals surface area contributed by atoms with Gasteiger partial charge in [0.2, 0.25) is 0 Å². The van der Waals surface area contributed by atoms with Crippen LogP contribution in [-0.2, 0) is 20.6 Å². The predicted molar refractivity (Wildman–Crippen MR) is 77.9 cm³/mol. The van der Waals surface area contributed by atoms with Gasteiger partial charge in [-0.2, -0.15) is 0 Å². The number of halogens is 2. The molecule has 0 aliphatic heterocycles. The van der Waals surface area contributed by atoms with E-state index in [-0.39, 0.29) is 29.1 Å². The summed E-state index contributed by atoms with van der Waals surface area (Å²) in [5.74, 6) is 1.22. The van der Waals surface area contributed by atoms with Gasteiger partial charge in [0.1, 0.15) is 0 Å². The zero-order valence-electron chi connectivity index (χ0n) is 12.0. The van der Waals surface area contributed by atoms with E-state index in [0.29, 0.717) is 11.8 Å². The van der Waals surface area contributed by atoms with Crippen molar-refractivity contribution < 1.29 is 41.1 Å². The van der Waals surface area contributed by atoms with Gasteiger partial charge >= 0.3 is 128 Å². The summed E-state index contributed by atoms with van der Waals surface area (Å²) in [6.45, 7) is 0. The first-order valence-corrected chi connectivity index (χ1v) is 7.82. The number of para-hydroxylation sites is 1. The molecule has 1 aromatic heterocycles. The second-order valence-corrected chi connectivity index (χ2v) is 6.91. The Hall–Kier alpha value is -0.778. The molecule has 1 aromatic carbocycles. The summed E-state index contributed by atoms with van der Waals surface area (Å²) in [6, 6.07) is 10.7. The molecular formula is C18H16Cl2CrN. The molecule has 0 radical (unpaired) electrons.